The Morgan fingerprint density at radius 2 is 1.73 bits per heavy atom. The number of rotatable bonds is 2. The molecule has 0 radical (unpaired) electrons. The molecule has 112 valence electrons. The predicted octanol–water partition coefficient (Wildman–Crippen LogP) is 3.19. The average molecular weight is 297 g/mol. The molecule has 2 amide bonds. The third-order valence-corrected chi connectivity index (χ3v) is 3.20. The standard InChI is InChI=1S/C15H15N5O2/c1-8-6-14(20-22-8)19-15(21)18-11-4-5-12-13(7-11)17-10(3)9(2)16-12/h4-7H,1-3H3,(H2,18,19,20,21). The monoisotopic (exact) mass is 297 g/mol. The molecule has 0 aliphatic carbocycles. The number of nitrogens with zero attached hydrogens (tertiary/aromatic N) is 3. The molecule has 22 heavy (non-hydrogen) atoms. The predicted molar refractivity (Wildman–Crippen MR) is 82.9 cm³/mol. The highest BCUT2D eigenvalue weighted by atomic mass is 16.5. The van der Waals surface area contributed by atoms with Gasteiger partial charge in [-0.25, -0.2) is 14.8 Å². The first-order valence-corrected chi connectivity index (χ1v) is 6.77. The van der Waals surface area contributed by atoms with E-state index in [1.165, 1.54) is 0 Å². The second-order valence-corrected chi connectivity index (χ2v) is 5.00. The smallest absolute Gasteiger partial charge is 0.324 e. The van der Waals surface area contributed by atoms with E-state index in [1.807, 2.05) is 19.9 Å². The van der Waals surface area contributed by atoms with Gasteiger partial charge in [0, 0.05) is 11.8 Å². The Morgan fingerprint density at radius 3 is 2.41 bits per heavy atom. The van der Waals surface area contributed by atoms with Gasteiger partial charge in [0.1, 0.15) is 5.76 Å². The number of hydrogen-bond acceptors (Lipinski definition) is 5. The maximum absolute atomic E-state index is 11.9. The van der Waals surface area contributed by atoms with E-state index in [0.29, 0.717) is 17.3 Å². The first kappa shape index (κ1) is 14.0. The molecule has 0 spiro atoms. The minimum atomic E-state index is -0.399. The van der Waals surface area contributed by atoms with E-state index in [9.17, 15) is 4.79 Å². The largest absolute Gasteiger partial charge is 0.360 e. The minimum absolute atomic E-state index is 0.363. The quantitative estimate of drug-likeness (QED) is 0.757. The Kier molecular flexibility index (Phi) is 3.46. The molecule has 0 atom stereocenters. The number of fused-ring (bicyclic) bond motifs is 1. The molecule has 2 aromatic heterocycles. The van der Waals surface area contributed by atoms with E-state index >= 15 is 0 Å². The molecule has 0 aliphatic heterocycles. The van der Waals surface area contributed by atoms with Crippen LogP contribution >= 0.6 is 0 Å². The summed E-state index contributed by atoms with van der Waals surface area (Å²) < 4.78 is 4.89. The number of hydrogen-bond donors (Lipinski definition) is 2. The van der Waals surface area contributed by atoms with Gasteiger partial charge in [-0.1, -0.05) is 5.16 Å². The van der Waals surface area contributed by atoms with Gasteiger partial charge in [0.15, 0.2) is 5.82 Å². The maximum Gasteiger partial charge on any atom is 0.324 e. The Hall–Kier alpha value is -2.96. The number of amides is 2. The Labute approximate surface area is 126 Å². The second-order valence-electron chi connectivity index (χ2n) is 5.00. The van der Waals surface area contributed by atoms with Crippen LogP contribution in [0.3, 0.4) is 0 Å². The van der Waals surface area contributed by atoms with Crippen LogP contribution in [0.1, 0.15) is 17.1 Å². The molecule has 0 aliphatic rings. The molecule has 0 saturated heterocycles. The summed E-state index contributed by atoms with van der Waals surface area (Å²) >= 11 is 0. The maximum atomic E-state index is 11.9. The van der Waals surface area contributed by atoms with Crippen LogP contribution in [0, 0.1) is 20.8 Å². The lowest BCUT2D eigenvalue weighted by molar-refractivity contribution is 0.262. The van der Waals surface area contributed by atoms with Crippen molar-refractivity contribution in [3.8, 4) is 0 Å². The number of nitrogens with one attached hydrogen (secondary N) is 2. The summed E-state index contributed by atoms with van der Waals surface area (Å²) in [6, 6.07) is 6.62. The highest BCUT2D eigenvalue weighted by Gasteiger charge is 2.08. The van der Waals surface area contributed by atoms with Crippen LogP contribution in [0.15, 0.2) is 28.8 Å². The first-order chi connectivity index (χ1) is 10.5. The number of carbonyl (C=O) groups is 1. The van der Waals surface area contributed by atoms with E-state index in [-0.39, 0.29) is 0 Å². The topological polar surface area (TPSA) is 92.9 Å². The lowest BCUT2D eigenvalue weighted by atomic mass is 10.2. The van der Waals surface area contributed by atoms with E-state index in [4.69, 9.17) is 4.52 Å². The summed E-state index contributed by atoms with van der Waals surface area (Å²) in [6.45, 7) is 5.57. The van der Waals surface area contributed by atoms with Crippen molar-refractivity contribution in [2.24, 2.45) is 0 Å². The number of aryl methyl sites for hydroxylation is 3. The Bertz CT molecular complexity index is 856. The van der Waals surface area contributed by atoms with Gasteiger partial charge in [-0.15, -0.1) is 0 Å². The van der Waals surface area contributed by atoms with Crippen LogP contribution in [-0.2, 0) is 0 Å². The van der Waals surface area contributed by atoms with Crippen LogP contribution in [-0.4, -0.2) is 21.2 Å². The third kappa shape index (κ3) is 2.88. The zero-order valence-corrected chi connectivity index (χ0v) is 12.5. The molecular formula is C15H15N5O2. The van der Waals surface area contributed by atoms with Crippen molar-refractivity contribution in [2.45, 2.75) is 20.8 Å². The van der Waals surface area contributed by atoms with Gasteiger partial charge in [-0.05, 0) is 39.0 Å². The zero-order valence-electron chi connectivity index (χ0n) is 12.5. The molecule has 0 saturated carbocycles. The van der Waals surface area contributed by atoms with Crippen molar-refractivity contribution in [3.05, 3.63) is 41.4 Å². The van der Waals surface area contributed by atoms with Crippen molar-refractivity contribution >= 4 is 28.6 Å². The summed E-state index contributed by atoms with van der Waals surface area (Å²) in [5.41, 5.74) is 3.92. The average Bonchev–Trinajstić information content (AvgIpc) is 2.85. The molecule has 0 unspecified atom stereocenters. The van der Waals surface area contributed by atoms with Gasteiger partial charge in [0.2, 0.25) is 0 Å². The van der Waals surface area contributed by atoms with Crippen molar-refractivity contribution in [1.82, 2.24) is 15.1 Å². The van der Waals surface area contributed by atoms with Crippen LogP contribution in [0.2, 0.25) is 0 Å². The summed E-state index contributed by atoms with van der Waals surface area (Å²) in [6.07, 6.45) is 0. The SMILES string of the molecule is Cc1cc(NC(=O)Nc2ccc3nc(C)c(C)nc3c2)no1. The van der Waals surface area contributed by atoms with E-state index in [1.54, 1.807) is 25.1 Å². The highest BCUT2D eigenvalue weighted by molar-refractivity contribution is 6.00. The number of aromatic nitrogens is 3. The summed E-state index contributed by atoms with van der Waals surface area (Å²) in [5, 5.41) is 9.01. The molecule has 2 heterocycles. The van der Waals surface area contributed by atoms with E-state index < -0.39 is 6.03 Å². The molecule has 7 nitrogen and oxygen atoms in total. The van der Waals surface area contributed by atoms with Crippen molar-refractivity contribution in [3.63, 3.8) is 0 Å². The molecule has 0 fully saturated rings. The van der Waals surface area contributed by atoms with Crippen LogP contribution in [0.4, 0.5) is 16.3 Å². The fourth-order valence-electron chi connectivity index (χ4n) is 2.01. The molecule has 1 aromatic carbocycles. The molecule has 3 aromatic rings. The molecule has 3 rings (SSSR count). The van der Waals surface area contributed by atoms with Crippen LogP contribution in [0.25, 0.3) is 11.0 Å². The first-order valence-electron chi connectivity index (χ1n) is 6.77. The summed E-state index contributed by atoms with van der Waals surface area (Å²) in [4.78, 5) is 20.8. The Balaban J connectivity index is 1.78. The number of benzene rings is 1. The van der Waals surface area contributed by atoms with Crippen LogP contribution < -0.4 is 10.6 Å². The van der Waals surface area contributed by atoms with Gasteiger partial charge in [-0.2, -0.15) is 0 Å². The van der Waals surface area contributed by atoms with Gasteiger partial charge in [0.25, 0.3) is 0 Å². The third-order valence-electron chi connectivity index (χ3n) is 3.20. The number of urea groups is 1. The zero-order chi connectivity index (χ0) is 15.7. The fraction of sp³-hybridized carbons (Fsp3) is 0.200. The van der Waals surface area contributed by atoms with E-state index in [0.717, 1.165) is 22.4 Å². The lowest BCUT2D eigenvalue weighted by Crippen LogP contribution is -2.19. The van der Waals surface area contributed by atoms with Crippen molar-refractivity contribution < 1.29 is 9.32 Å². The number of anilines is 2. The lowest BCUT2D eigenvalue weighted by Gasteiger charge is -2.07. The minimum Gasteiger partial charge on any atom is -0.360 e. The molecule has 0 bridgehead atoms. The van der Waals surface area contributed by atoms with E-state index in [2.05, 4.69) is 25.8 Å². The highest BCUT2D eigenvalue weighted by Crippen LogP contribution is 2.18. The van der Waals surface area contributed by atoms with Gasteiger partial charge in [-0.3, -0.25) is 5.32 Å². The fourth-order valence-corrected chi connectivity index (χ4v) is 2.01. The second kappa shape index (κ2) is 5.44. The van der Waals surface area contributed by atoms with Gasteiger partial charge >= 0.3 is 6.03 Å². The Morgan fingerprint density at radius 1 is 1.00 bits per heavy atom. The van der Waals surface area contributed by atoms with Crippen LogP contribution in [0.5, 0.6) is 0 Å². The van der Waals surface area contributed by atoms with Crippen molar-refractivity contribution in [1.29, 1.82) is 0 Å². The van der Waals surface area contributed by atoms with Crippen molar-refractivity contribution in [2.75, 3.05) is 10.6 Å². The normalized spacial score (nSPS) is 10.7. The summed E-state index contributed by atoms with van der Waals surface area (Å²) in [5.74, 6) is 0.990. The van der Waals surface area contributed by atoms with Gasteiger partial charge < -0.3 is 9.84 Å². The molecule has 7 heteroatoms. The summed E-state index contributed by atoms with van der Waals surface area (Å²) in [7, 11) is 0. The molecule has 2 N–H and O–H groups in total. The van der Waals surface area contributed by atoms with Gasteiger partial charge in [0.05, 0.1) is 22.4 Å². The molecular weight excluding hydrogens is 282 g/mol. The number of carbonyl (C=O) groups excluding carboxylic acids is 1.